The van der Waals surface area contributed by atoms with E-state index in [4.69, 9.17) is 4.74 Å². The summed E-state index contributed by atoms with van der Waals surface area (Å²) < 4.78 is 46.1. The molecule has 0 radical (unpaired) electrons. The molecule has 5 nitrogen and oxygen atoms in total. The first kappa shape index (κ1) is 21.7. The van der Waals surface area contributed by atoms with Crippen LogP contribution in [0.2, 0.25) is 0 Å². The number of aromatic nitrogens is 1. The summed E-state index contributed by atoms with van der Waals surface area (Å²) in [7, 11) is 0. The molecule has 2 atom stereocenters. The summed E-state index contributed by atoms with van der Waals surface area (Å²) in [6.07, 6.45) is 0.569. The summed E-state index contributed by atoms with van der Waals surface area (Å²) in [5, 5.41) is 3.37. The van der Waals surface area contributed by atoms with Crippen molar-refractivity contribution < 1.29 is 22.7 Å². The summed E-state index contributed by atoms with van der Waals surface area (Å²) in [6, 6.07) is 16.4. The number of halogens is 3. The minimum atomic E-state index is -4.85. The highest BCUT2D eigenvalue weighted by molar-refractivity contribution is 5.93. The first-order valence-corrected chi connectivity index (χ1v) is 11.6. The molecule has 2 saturated heterocycles. The van der Waals surface area contributed by atoms with Gasteiger partial charge in [-0.05, 0) is 55.5 Å². The summed E-state index contributed by atoms with van der Waals surface area (Å²) in [5.41, 5.74) is 5.46. The number of ether oxygens (including phenoxy) is 1. The minimum absolute atomic E-state index is 0.418. The highest BCUT2D eigenvalue weighted by Gasteiger charge is 2.51. The number of hydrogen-bond acceptors (Lipinski definition) is 4. The first-order valence-electron chi connectivity index (χ1n) is 11.6. The summed E-state index contributed by atoms with van der Waals surface area (Å²) >= 11 is 0. The Morgan fingerprint density at radius 1 is 0.971 bits per heavy atom. The zero-order valence-corrected chi connectivity index (χ0v) is 18.7. The van der Waals surface area contributed by atoms with E-state index in [2.05, 4.69) is 10.3 Å². The van der Waals surface area contributed by atoms with E-state index >= 15 is 0 Å². The fraction of sp³-hybridized carbons (Fsp3) is 0.259. The molecular formula is C27H22F3N3O2. The van der Waals surface area contributed by atoms with Crippen LogP contribution in [0.25, 0.3) is 5.57 Å². The Morgan fingerprint density at radius 2 is 1.71 bits per heavy atom. The maximum absolute atomic E-state index is 13.2. The van der Waals surface area contributed by atoms with Gasteiger partial charge in [0.1, 0.15) is 5.75 Å². The Labute approximate surface area is 200 Å². The molecule has 1 aromatic heterocycles. The topological polar surface area (TPSA) is 54.5 Å². The van der Waals surface area contributed by atoms with Crippen LogP contribution in [0.15, 0.2) is 72.6 Å². The maximum Gasteiger partial charge on any atom is 0.471 e. The lowest BCUT2D eigenvalue weighted by atomic mass is 9.83. The predicted molar refractivity (Wildman–Crippen MR) is 125 cm³/mol. The number of alkyl halides is 3. The molecule has 3 aliphatic rings. The first-order chi connectivity index (χ1) is 16.9. The average Bonchev–Trinajstić information content (AvgIpc) is 3.11. The molecule has 2 bridgehead atoms. The van der Waals surface area contributed by atoms with Crippen LogP contribution in [0.4, 0.5) is 24.5 Å². The smallest absolute Gasteiger partial charge is 0.454 e. The number of amides is 1. The zero-order chi connectivity index (χ0) is 24.2. The van der Waals surface area contributed by atoms with E-state index in [0.717, 1.165) is 38.5 Å². The van der Waals surface area contributed by atoms with Crippen LogP contribution in [0.1, 0.15) is 36.8 Å². The normalized spacial score (nSPS) is 20.7. The van der Waals surface area contributed by atoms with Crippen molar-refractivity contribution in [2.45, 2.75) is 43.9 Å². The van der Waals surface area contributed by atoms with Crippen molar-refractivity contribution in [3.63, 3.8) is 0 Å². The van der Waals surface area contributed by atoms with Crippen molar-refractivity contribution in [3.05, 3.63) is 83.7 Å². The van der Waals surface area contributed by atoms with Crippen LogP contribution in [0.5, 0.6) is 11.5 Å². The van der Waals surface area contributed by atoms with E-state index < -0.39 is 24.2 Å². The maximum atomic E-state index is 13.2. The number of nitrogens with zero attached hydrogens (tertiary/aromatic N) is 2. The largest absolute Gasteiger partial charge is 0.471 e. The number of anilines is 2. The van der Waals surface area contributed by atoms with Crippen molar-refractivity contribution in [1.29, 1.82) is 0 Å². The van der Waals surface area contributed by atoms with Crippen molar-refractivity contribution in [1.82, 2.24) is 9.88 Å². The molecule has 4 heterocycles. The Hall–Kier alpha value is -3.81. The number of piperidine rings is 1. The van der Waals surface area contributed by atoms with Gasteiger partial charge in [0.2, 0.25) is 0 Å². The average molecular weight is 477 g/mol. The van der Waals surface area contributed by atoms with Crippen LogP contribution >= 0.6 is 0 Å². The molecule has 1 amide bonds. The van der Waals surface area contributed by atoms with Gasteiger partial charge in [-0.3, -0.25) is 9.78 Å². The Kier molecular flexibility index (Phi) is 5.05. The van der Waals surface area contributed by atoms with Gasteiger partial charge in [0.15, 0.2) is 5.75 Å². The number of fused-ring (bicyclic) bond motifs is 4. The zero-order valence-electron chi connectivity index (χ0n) is 18.7. The highest BCUT2D eigenvalue weighted by atomic mass is 19.4. The molecular weight excluding hydrogens is 455 g/mol. The van der Waals surface area contributed by atoms with Gasteiger partial charge < -0.3 is 15.0 Å². The molecule has 6 rings (SSSR count). The molecule has 3 aliphatic heterocycles. The van der Waals surface area contributed by atoms with Crippen LogP contribution < -0.4 is 10.1 Å². The highest BCUT2D eigenvalue weighted by Crippen LogP contribution is 2.52. The SMILES string of the molecule is O=C(N1C2CCC1CC(=C1c3ccccc3Oc3c(Nc4cccnc4)cccc31)C2)C(F)(F)F. The Balaban J connectivity index is 1.44. The molecule has 35 heavy (non-hydrogen) atoms. The number of rotatable bonds is 2. The summed E-state index contributed by atoms with van der Waals surface area (Å²) in [5.74, 6) is -0.354. The lowest BCUT2D eigenvalue weighted by molar-refractivity contribution is -0.189. The number of para-hydroxylation sites is 2. The third-order valence-corrected chi connectivity index (χ3v) is 7.01. The molecule has 0 spiro atoms. The van der Waals surface area contributed by atoms with Gasteiger partial charge >= 0.3 is 12.1 Å². The molecule has 2 unspecified atom stereocenters. The summed E-state index contributed by atoms with van der Waals surface area (Å²) in [6.45, 7) is 0. The third-order valence-electron chi connectivity index (χ3n) is 7.01. The molecule has 3 aromatic rings. The molecule has 0 aliphatic carbocycles. The van der Waals surface area contributed by atoms with Gasteiger partial charge in [0, 0.05) is 29.4 Å². The van der Waals surface area contributed by atoms with Gasteiger partial charge in [-0.1, -0.05) is 35.9 Å². The fourth-order valence-electron chi connectivity index (χ4n) is 5.63. The van der Waals surface area contributed by atoms with E-state index in [1.807, 2.05) is 54.6 Å². The van der Waals surface area contributed by atoms with Gasteiger partial charge in [-0.15, -0.1) is 0 Å². The Bertz CT molecular complexity index is 1320. The number of pyridine rings is 1. The fourth-order valence-corrected chi connectivity index (χ4v) is 5.63. The number of carbonyl (C=O) groups excluding carboxylic acids is 1. The minimum Gasteiger partial charge on any atom is -0.454 e. The van der Waals surface area contributed by atoms with Gasteiger partial charge in [0.05, 0.1) is 17.6 Å². The van der Waals surface area contributed by atoms with Crippen LogP contribution in [0, 0.1) is 0 Å². The second-order valence-corrected chi connectivity index (χ2v) is 9.13. The van der Waals surface area contributed by atoms with Crippen molar-refractivity contribution >= 4 is 22.9 Å². The lowest BCUT2D eigenvalue weighted by Gasteiger charge is -2.38. The van der Waals surface area contributed by atoms with E-state index in [0.29, 0.717) is 37.2 Å². The number of benzene rings is 2. The molecule has 2 aromatic carbocycles. The predicted octanol–water partition coefficient (Wildman–Crippen LogP) is 6.45. The molecule has 0 saturated carbocycles. The van der Waals surface area contributed by atoms with E-state index in [1.165, 1.54) is 0 Å². The summed E-state index contributed by atoms with van der Waals surface area (Å²) in [4.78, 5) is 17.4. The number of carbonyl (C=O) groups is 1. The van der Waals surface area contributed by atoms with Crippen LogP contribution in [-0.4, -0.2) is 34.1 Å². The van der Waals surface area contributed by atoms with E-state index in [1.54, 1.807) is 12.4 Å². The van der Waals surface area contributed by atoms with Crippen molar-refractivity contribution in [2.75, 3.05) is 5.32 Å². The third kappa shape index (κ3) is 3.73. The molecule has 1 N–H and O–H groups in total. The van der Waals surface area contributed by atoms with E-state index in [9.17, 15) is 18.0 Å². The molecule has 8 heteroatoms. The Morgan fingerprint density at radius 3 is 2.43 bits per heavy atom. The second-order valence-electron chi connectivity index (χ2n) is 9.13. The monoisotopic (exact) mass is 477 g/mol. The van der Waals surface area contributed by atoms with Gasteiger partial charge in [-0.25, -0.2) is 0 Å². The van der Waals surface area contributed by atoms with Crippen LogP contribution in [-0.2, 0) is 4.79 Å². The van der Waals surface area contributed by atoms with Crippen LogP contribution in [0.3, 0.4) is 0 Å². The quantitative estimate of drug-likeness (QED) is 0.361. The number of hydrogen-bond donors (Lipinski definition) is 1. The molecule has 178 valence electrons. The second kappa shape index (κ2) is 8.15. The lowest BCUT2D eigenvalue weighted by Crippen LogP contribution is -2.50. The van der Waals surface area contributed by atoms with Crippen molar-refractivity contribution in [3.8, 4) is 11.5 Å². The van der Waals surface area contributed by atoms with E-state index in [-0.39, 0.29) is 0 Å². The van der Waals surface area contributed by atoms with Crippen molar-refractivity contribution in [2.24, 2.45) is 0 Å². The molecule has 2 fully saturated rings. The van der Waals surface area contributed by atoms with Gasteiger partial charge in [0.25, 0.3) is 0 Å². The standard InChI is InChI=1S/C27H22F3N3O2/c28-27(29,30)26(34)33-18-10-11-19(33)14-16(13-18)24-20-6-1-2-9-23(20)35-25-21(24)7-3-8-22(25)32-17-5-4-12-31-15-17/h1-9,12,15,18-19,32H,10-11,13-14H2. The number of nitrogens with one attached hydrogen (secondary N) is 1. The van der Waals surface area contributed by atoms with Gasteiger partial charge in [-0.2, -0.15) is 13.2 Å².